The number of carbonyl (C=O) groups excluding carboxylic acids is 1. The van der Waals surface area contributed by atoms with E-state index in [2.05, 4.69) is 0 Å². The molecule has 6 nitrogen and oxygen atoms in total. The molecule has 1 aromatic carbocycles. The third kappa shape index (κ3) is 3.07. The van der Waals surface area contributed by atoms with E-state index in [-0.39, 0.29) is 10.5 Å². The highest BCUT2D eigenvalue weighted by molar-refractivity contribution is 7.90. The Morgan fingerprint density at radius 2 is 2.00 bits per heavy atom. The smallest absolute Gasteiger partial charge is 0.326 e. The number of hydrogen-bond donors (Lipinski definition) is 1. The van der Waals surface area contributed by atoms with E-state index in [0.717, 1.165) is 6.26 Å². The van der Waals surface area contributed by atoms with Crippen LogP contribution in [0, 0.1) is 6.92 Å². The monoisotopic (exact) mass is 311 g/mol. The van der Waals surface area contributed by atoms with Crippen LogP contribution in [-0.4, -0.2) is 49.1 Å². The molecule has 0 saturated carbocycles. The molecule has 1 saturated heterocycles. The first-order valence-corrected chi connectivity index (χ1v) is 8.45. The van der Waals surface area contributed by atoms with Gasteiger partial charge in [0.2, 0.25) is 0 Å². The van der Waals surface area contributed by atoms with Crippen molar-refractivity contribution in [3.8, 4) is 0 Å². The molecule has 114 valence electrons. The van der Waals surface area contributed by atoms with Gasteiger partial charge in [-0.15, -0.1) is 0 Å². The summed E-state index contributed by atoms with van der Waals surface area (Å²) in [5, 5.41) is 9.12. The van der Waals surface area contributed by atoms with Crippen LogP contribution in [0.2, 0.25) is 0 Å². The number of nitrogens with zero attached hydrogens (tertiary/aromatic N) is 1. The Balaban J connectivity index is 2.39. The number of rotatable bonds is 3. The molecule has 1 fully saturated rings. The second-order valence-corrected chi connectivity index (χ2v) is 7.23. The van der Waals surface area contributed by atoms with Crippen molar-refractivity contribution >= 4 is 21.7 Å². The first-order chi connectivity index (χ1) is 9.71. The fraction of sp³-hybridized carbons (Fsp3) is 0.429. The number of hydrogen-bond acceptors (Lipinski definition) is 4. The summed E-state index contributed by atoms with van der Waals surface area (Å²) in [6.07, 6.45) is 2.14. The molecule has 0 radical (unpaired) electrons. The number of carboxylic acid groups (broad SMARTS) is 1. The molecule has 0 spiro atoms. The number of amides is 1. The lowest BCUT2D eigenvalue weighted by Crippen LogP contribution is -2.40. The average Bonchev–Trinajstić information content (AvgIpc) is 2.86. The fourth-order valence-electron chi connectivity index (χ4n) is 2.56. The van der Waals surface area contributed by atoms with Crippen LogP contribution in [0.5, 0.6) is 0 Å². The highest BCUT2D eigenvalue weighted by atomic mass is 32.2. The Hall–Kier alpha value is -1.89. The predicted octanol–water partition coefficient (Wildman–Crippen LogP) is 1.09. The van der Waals surface area contributed by atoms with Gasteiger partial charge in [0.15, 0.2) is 9.84 Å². The van der Waals surface area contributed by atoms with Crippen molar-refractivity contribution in [2.75, 3.05) is 12.8 Å². The molecule has 1 N–H and O–H groups in total. The first-order valence-electron chi connectivity index (χ1n) is 6.56. The van der Waals surface area contributed by atoms with Crippen molar-refractivity contribution in [3.05, 3.63) is 29.3 Å². The number of aliphatic carboxylic acids is 1. The van der Waals surface area contributed by atoms with Crippen molar-refractivity contribution < 1.29 is 23.1 Å². The van der Waals surface area contributed by atoms with Crippen molar-refractivity contribution in [1.29, 1.82) is 0 Å². The zero-order valence-electron chi connectivity index (χ0n) is 11.9. The fourth-order valence-corrected chi connectivity index (χ4v) is 3.56. The normalized spacial score (nSPS) is 18.8. The summed E-state index contributed by atoms with van der Waals surface area (Å²) in [6.45, 7) is 2.03. The Morgan fingerprint density at radius 1 is 1.33 bits per heavy atom. The standard InChI is InChI=1S/C14H17NO5S/c1-9-5-6-10(8-12(9)21(2,19)20)13(16)15-7-3-4-11(15)14(17)18/h5-6,8,11H,3-4,7H2,1-2H3,(H,17,18)/t11-/m0/s1. The molecule has 0 unspecified atom stereocenters. The van der Waals surface area contributed by atoms with E-state index < -0.39 is 27.8 Å². The molecule has 7 heteroatoms. The number of carboxylic acids is 1. The van der Waals surface area contributed by atoms with Crippen LogP contribution in [0.1, 0.15) is 28.8 Å². The minimum Gasteiger partial charge on any atom is -0.480 e. The molecule has 0 aliphatic carbocycles. The van der Waals surface area contributed by atoms with Gasteiger partial charge in [0, 0.05) is 18.4 Å². The van der Waals surface area contributed by atoms with Gasteiger partial charge in [-0.2, -0.15) is 0 Å². The minimum atomic E-state index is -3.43. The van der Waals surface area contributed by atoms with Crippen LogP contribution in [0.25, 0.3) is 0 Å². The van der Waals surface area contributed by atoms with Gasteiger partial charge in [0.25, 0.3) is 5.91 Å². The lowest BCUT2D eigenvalue weighted by Gasteiger charge is -2.21. The summed E-state index contributed by atoms with van der Waals surface area (Å²) in [4.78, 5) is 24.9. The van der Waals surface area contributed by atoms with Crippen LogP contribution in [0.15, 0.2) is 23.1 Å². The van der Waals surface area contributed by atoms with Crippen LogP contribution in [-0.2, 0) is 14.6 Å². The lowest BCUT2D eigenvalue weighted by molar-refractivity contribution is -0.141. The second kappa shape index (κ2) is 5.48. The number of likely N-dealkylation sites (tertiary alicyclic amines) is 1. The predicted molar refractivity (Wildman–Crippen MR) is 76.0 cm³/mol. The van der Waals surface area contributed by atoms with Crippen molar-refractivity contribution in [2.24, 2.45) is 0 Å². The summed E-state index contributed by atoms with van der Waals surface area (Å²) < 4.78 is 23.4. The third-order valence-electron chi connectivity index (χ3n) is 3.63. The van der Waals surface area contributed by atoms with Gasteiger partial charge in [-0.25, -0.2) is 13.2 Å². The maximum Gasteiger partial charge on any atom is 0.326 e. The quantitative estimate of drug-likeness (QED) is 0.902. The van der Waals surface area contributed by atoms with E-state index in [1.54, 1.807) is 13.0 Å². The van der Waals surface area contributed by atoms with E-state index in [1.807, 2.05) is 0 Å². The van der Waals surface area contributed by atoms with E-state index in [1.165, 1.54) is 17.0 Å². The largest absolute Gasteiger partial charge is 0.480 e. The van der Waals surface area contributed by atoms with Gasteiger partial charge in [0.1, 0.15) is 6.04 Å². The number of carbonyl (C=O) groups is 2. The molecule has 1 amide bonds. The molecular weight excluding hydrogens is 294 g/mol. The Labute approximate surface area is 123 Å². The van der Waals surface area contributed by atoms with Gasteiger partial charge in [-0.3, -0.25) is 4.79 Å². The Bertz CT molecular complexity index is 695. The SMILES string of the molecule is Cc1ccc(C(=O)N2CCC[C@H]2C(=O)O)cc1S(C)(=O)=O. The van der Waals surface area contributed by atoms with Crippen molar-refractivity contribution in [2.45, 2.75) is 30.7 Å². The molecule has 1 aliphatic heterocycles. The van der Waals surface area contributed by atoms with Gasteiger partial charge in [0.05, 0.1) is 4.90 Å². The van der Waals surface area contributed by atoms with Gasteiger partial charge >= 0.3 is 5.97 Å². The van der Waals surface area contributed by atoms with Gasteiger partial charge in [-0.05, 0) is 37.5 Å². The van der Waals surface area contributed by atoms with E-state index in [9.17, 15) is 18.0 Å². The lowest BCUT2D eigenvalue weighted by atomic mass is 10.1. The summed E-state index contributed by atoms with van der Waals surface area (Å²) in [5.74, 6) is -1.47. The van der Waals surface area contributed by atoms with E-state index >= 15 is 0 Å². The Kier molecular flexibility index (Phi) is 4.04. The van der Waals surface area contributed by atoms with Crippen LogP contribution in [0.3, 0.4) is 0 Å². The summed E-state index contributed by atoms with van der Waals surface area (Å²) in [5.41, 5.74) is 0.763. The molecule has 1 aliphatic rings. The number of benzene rings is 1. The van der Waals surface area contributed by atoms with Crippen LogP contribution >= 0.6 is 0 Å². The minimum absolute atomic E-state index is 0.0967. The number of sulfone groups is 1. The Morgan fingerprint density at radius 3 is 2.57 bits per heavy atom. The third-order valence-corrected chi connectivity index (χ3v) is 4.87. The summed E-state index contributed by atoms with van der Waals surface area (Å²) >= 11 is 0. The van der Waals surface area contributed by atoms with Crippen molar-refractivity contribution in [1.82, 2.24) is 4.90 Å². The molecule has 0 aromatic heterocycles. The van der Waals surface area contributed by atoms with Gasteiger partial charge in [-0.1, -0.05) is 6.07 Å². The van der Waals surface area contributed by atoms with E-state index in [0.29, 0.717) is 24.9 Å². The molecule has 0 bridgehead atoms. The van der Waals surface area contributed by atoms with Crippen molar-refractivity contribution in [3.63, 3.8) is 0 Å². The molecule has 2 rings (SSSR count). The topological polar surface area (TPSA) is 91.8 Å². The molecule has 21 heavy (non-hydrogen) atoms. The van der Waals surface area contributed by atoms with E-state index in [4.69, 9.17) is 5.11 Å². The number of aryl methyl sites for hydroxylation is 1. The molecule has 1 aromatic rings. The highest BCUT2D eigenvalue weighted by Gasteiger charge is 2.34. The second-order valence-electron chi connectivity index (χ2n) is 5.25. The molecule has 1 atom stereocenters. The molecular formula is C14H17NO5S. The maximum atomic E-state index is 12.4. The van der Waals surface area contributed by atoms with Crippen LogP contribution in [0.4, 0.5) is 0 Å². The van der Waals surface area contributed by atoms with Crippen LogP contribution < -0.4 is 0 Å². The zero-order valence-corrected chi connectivity index (χ0v) is 12.7. The summed E-state index contributed by atoms with van der Waals surface area (Å²) in [6, 6.07) is 3.59. The maximum absolute atomic E-state index is 12.4. The first kappa shape index (κ1) is 15.5. The average molecular weight is 311 g/mol. The summed E-state index contributed by atoms with van der Waals surface area (Å²) in [7, 11) is -3.43. The highest BCUT2D eigenvalue weighted by Crippen LogP contribution is 2.23. The van der Waals surface area contributed by atoms with Gasteiger partial charge < -0.3 is 10.0 Å². The molecule has 1 heterocycles. The zero-order chi connectivity index (χ0) is 15.8.